The normalized spacial score (nSPS) is 20.0. The van der Waals surface area contributed by atoms with Crippen molar-refractivity contribution < 1.29 is 4.79 Å². The molecule has 2 N–H and O–H groups in total. The van der Waals surface area contributed by atoms with Gasteiger partial charge in [0.05, 0.1) is 5.41 Å². The molecular formula is C18H21N3O. The number of nitrogens with zero attached hydrogens (tertiary/aromatic N) is 1. The molecule has 2 saturated carbocycles. The van der Waals surface area contributed by atoms with Crippen LogP contribution in [0.5, 0.6) is 0 Å². The number of amides is 1. The van der Waals surface area contributed by atoms with Gasteiger partial charge in [0.2, 0.25) is 5.91 Å². The lowest BCUT2D eigenvalue weighted by Crippen LogP contribution is -2.38. The topological polar surface area (TPSA) is 57.8 Å². The van der Waals surface area contributed by atoms with Gasteiger partial charge in [0.25, 0.3) is 0 Å². The SMILES string of the molecule is O=C(Nc1cc(C2CC2)[nH]n1)C1(c2ccccc2)CCCC1. The van der Waals surface area contributed by atoms with Crippen LogP contribution >= 0.6 is 0 Å². The number of hydrogen-bond acceptors (Lipinski definition) is 2. The summed E-state index contributed by atoms with van der Waals surface area (Å²) in [6.45, 7) is 0. The van der Waals surface area contributed by atoms with Crippen molar-refractivity contribution >= 4 is 11.7 Å². The Morgan fingerprint density at radius 1 is 1.18 bits per heavy atom. The molecule has 0 aliphatic heterocycles. The number of hydrogen-bond donors (Lipinski definition) is 2. The average Bonchev–Trinajstić information content (AvgIpc) is 3.10. The molecule has 1 heterocycles. The Labute approximate surface area is 130 Å². The van der Waals surface area contributed by atoms with E-state index in [0.717, 1.165) is 36.9 Å². The van der Waals surface area contributed by atoms with Gasteiger partial charge in [-0.25, -0.2) is 0 Å². The molecule has 2 aliphatic carbocycles. The number of nitrogens with one attached hydrogen (secondary N) is 2. The van der Waals surface area contributed by atoms with Crippen LogP contribution in [-0.2, 0) is 10.2 Å². The minimum Gasteiger partial charge on any atom is -0.308 e. The molecule has 1 aromatic carbocycles. The van der Waals surface area contributed by atoms with E-state index >= 15 is 0 Å². The van der Waals surface area contributed by atoms with Crippen LogP contribution in [0, 0.1) is 0 Å². The number of rotatable bonds is 4. The molecule has 0 bridgehead atoms. The van der Waals surface area contributed by atoms with E-state index in [1.54, 1.807) is 0 Å². The summed E-state index contributed by atoms with van der Waals surface area (Å²) in [6, 6.07) is 12.2. The minimum atomic E-state index is -0.389. The van der Waals surface area contributed by atoms with E-state index in [1.165, 1.54) is 12.8 Å². The lowest BCUT2D eigenvalue weighted by Gasteiger charge is -2.27. The number of aromatic amines is 1. The average molecular weight is 295 g/mol. The lowest BCUT2D eigenvalue weighted by molar-refractivity contribution is -0.121. The standard InChI is InChI=1S/C18H21N3O/c22-17(19-16-12-15(20-21-16)13-8-9-13)18(10-4-5-11-18)14-6-2-1-3-7-14/h1-3,6-7,12-13H,4-5,8-11H2,(H2,19,20,21,22). The highest BCUT2D eigenvalue weighted by Gasteiger charge is 2.42. The highest BCUT2D eigenvalue weighted by molar-refractivity contribution is 5.98. The van der Waals surface area contributed by atoms with E-state index in [2.05, 4.69) is 27.6 Å². The van der Waals surface area contributed by atoms with Gasteiger partial charge in [0.15, 0.2) is 5.82 Å². The second kappa shape index (κ2) is 5.27. The van der Waals surface area contributed by atoms with Gasteiger partial charge >= 0.3 is 0 Å². The Balaban J connectivity index is 1.58. The third-order valence-corrected chi connectivity index (χ3v) is 5.07. The van der Waals surface area contributed by atoms with Gasteiger partial charge in [-0.2, -0.15) is 5.10 Å². The van der Waals surface area contributed by atoms with E-state index in [-0.39, 0.29) is 11.3 Å². The van der Waals surface area contributed by atoms with E-state index in [4.69, 9.17) is 0 Å². The molecular weight excluding hydrogens is 274 g/mol. The molecule has 1 aromatic heterocycles. The molecule has 2 aliphatic rings. The molecule has 0 saturated heterocycles. The molecule has 22 heavy (non-hydrogen) atoms. The summed E-state index contributed by atoms with van der Waals surface area (Å²) in [4.78, 5) is 13.0. The molecule has 2 aromatic rings. The highest BCUT2D eigenvalue weighted by atomic mass is 16.2. The molecule has 2 fully saturated rings. The van der Waals surface area contributed by atoms with Crippen molar-refractivity contribution in [2.75, 3.05) is 5.32 Å². The Bertz CT molecular complexity index is 667. The molecule has 0 atom stereocenters. The van der Waals surface area contributed by atoms with Crippen molar-refractivity contribution in [1.29, 1.82) is 0 Å². The van der Waals surface area contributed by atoms with Crippen LogP contribution in [0.2, 0.25) is 0 Å². The van der Waals surface area contributed by atoms with Crippen LogP contribution < -0.4 is 5.32 Å². The number of anilines is 1. The summed E-state index contributed by atoms with van der Waals surface area (Å²) < 4.78 is 0. The van der Waals surface area contributed by atoms with E-state index in [0.29, 0.717) is 11.7 Å². The molecule has 0 spiro atoms. The Morgan fingerprint density at radius 2 is 1.91 bits per heavy atom. The lowest BCUT2D eigenvalue weighted by atomic mass is 9.78. The Morgan fingerprint density at radius 3 is 2.59 bits per heavy atom. The second-order valence-corrected chi connectivity index (χ2v) is 6.59. The first-order valence-electron chi connectivity index (χ1n) is 8.20. The van der Waals surface area contributed by atoms with Gasteiger partial charge in [0, 0.05) is 17.7 Å². The Kier molecular flexibility index (Phi) is 3.25. The second-order valence-electron chi connectivity index (χ2n) is 6.59. The fourth-order valence-electron chi connectivity index (χ4n) is 3.62. The number of carbonyl (C=O) groups is 1. The van der Waals surface area contributed by atoms with Gasteiger partial charge in [-0.05, 0) is 31.2 Å². The number of H-pyrrole nitrogens is 1. The van der Waals surface area contributed by atoms with Crippen LogP contribution in [0.25, 0.3) is 0 Å². The number of benzene rings is 1. The van der Waals surface area contributed by atoms with Crippen molar-refractivity contribution in [2.24, 2.45) is 0 Å². The zero-order valence-corrected chi connectivity index (χ0v) is 12.6. The first-order valence-corrected chi connectivity index (χ1v) is 8.20. The minimum absolute atomic E-state index is 0.0880. The fourth-order valence-corrected chi connectivity index (χ4v) is 3.62. The van der Waals surface area contributed by atoms with Gasteiger partial charge < -0.3 is 5.32 Å². The maximum atomic E-state index is 13.0. The largest absolute Gasteiger partial charge is 0.308 e. The summed E-state index contributed by atoms with van der Waals surface area (Å²) in [6.07, 6.45) is 6.50. The van der Waals surface area contributed by atoms with Crippen molar-refractivity contribution in [3.63, 3.8) is 0 Å². The molecule has 4 rings (SSSR count). The van der Waals surface area contributed by atoms with Gasteiger partial charge in [-0.3, -0.25) is 9.89 Å². The first-order chi connectivity index (χ1) is 10.8. The van der Waals surface area contributed by atoms with Crippen LogP contribution in [-0.4, -0.2) is 16.1 Å². The zero-order valence-electron chi connectivity index (χ0n) is 12.6. The smallest absolute Gasteiger partial charge is 0.236 e. The van der Waals surface area contributed by atoms with E-state index in [9.17, 15) is 4.79 Å². The molecule has 1 amide bonds. The van der Waals surface area contributed by atoms with Crippen molar-refractivity contribution in [1.82, 2.24) is 10.2 Å². The predicted molar refractivity (Wildman–Crippen MR) is 85.8 cm³/mol. The quantitative estimate of drug-likeness (QED) is 0.902. The van der Waals surface area contributed by atoms with Crippen LogP contribution in [0.1, 0.15) is 55.7 Å². The molecule has 0 unspecified atom stereocenters. The predicted octanol–water partition coefficient (Wildman–Crippen LogP) is 3.74. The highest BCUT2D eigenvalue weighted by Crippen LogP contribution is 2.42. The van der Waals surface area contributed by atoms with Crippen molar-refractivity contribution in [2.45, 2.75) is 49.9 Å². The van der Waals surface area contributed by atoms with Crippen molar-refractivity contribution in [3.05, 3.63) is 47.7 Å². The molecule has 114 valence electrons. The third-order valence-electron chi connectivity index (χ3n) is 5.07. The molecule has 4 nitrogen and oxygen atoms in total. The summed E-state index contributed by atoms with van der Waals surface area (Å²) in [5.41, 5.74) is 1.89. The van der Waals surface area contributed by atoms with E-state index < -0.39 is 0 Å². The van der Waals surface area contributed by atoms with E-state index in [1.807, 2.05) is 24.3 Å². The van der Waals surface area contributed by atoms with Gasteiger partial charge in [0.1, 0.15) is 0 Å². The zero-order chi connectivity index (χ0) is 15.0. The summed E-state index contributed by atoms with van der Waals surface area (Å²) in [5.74, 6) is 1.37. The van der Waals surface area contributed by atoms with Gasteiger partial charge in [-0.15, -0.1) is 0 Å². The molecule has 4 heteroatoms. The molecule has 0 radical (unpaired) electrons. The van der Waals surface area contributed by atoms with Crippen LogP contribution in [0.15, 0.2) is 36.4 Å². The fraction of sp³-hybridized carbons (Fsp3) is 0.444. The van der Waals surface area contributed by atoms with Crippen LogP contribution in [0.4, 0.5) is 5.82 Å². The van der Waals surface area contributed by atoms with Crippen LogP contribution in [0.3, 0.4) is 0 Å². The summed E-state index contributed by atoms with van der Waals surface area (Å²) in [5, 5.41) is 10.4. The van der Waals surface area contributed by atoms with Crippen molar-refractivity contribution in [3.8, 4) is 0 Å². The third kappa shape index (κ3) is 2.32. The first kappa shape index (κ1) is 13.6. The maximum Gasteiger partial charge on any atom is 0.236 e. The Hall–Kier alpha value is -2.10. The summed E-state index contributed by atoms with van der Waals surface area (Å²) >= 11 is 0. The number of carbonyl (C=O) groups excluding carboxylic acids is 1. The monoisotopic (exact) mass is 295 g/mol. The van der Waals surface area contributed by atoms with Gasteiger partial charge in [-0.1, -0.05) is 43.2 Å². The number of aromatic nitrogens is 2. The summed E-state index contributed by atoms with van der Waals surface area (Å²) in [7, 11) is 0. The maximum absolute atomic E-state index is 13.0.